The molecular weight excluding hydrogens is 93.1 g/mol. The molecule has 0 saturated carbocycles. The molecule has 40 valence electrons. The van der Waals surface area contributed by atoms with Crippen LogP contribution in [-0.2, 0) is 0 Å². The van der Waals surface area contributed by atoms with Gasteiger partial charge in [-0.1, -0.05) is 6.42 Å². The molecule has 0 aromatic heterocycles. The van der Waals surface area contributed by atoms with E-state index in [9.17, 15) is 4.39 Å². The smallest absolute Gasteiger partial charge is 0.108 e. The second-order valence-electron chi connectivity index (χ2n) is 1.24. The first-order valence-electron chi connectivity index (χ1n) is 2.04. The summed E-state index contributed by atoms with van der Waals surface area (Å²) >= 11 is 0. The first-order chi connectivity index (χ1) is 3.31. The molecule has 0 aliphatic carbocycles. The highest BCUT2D eigenvalue weighted by atomic mass is 19.1. The monoisotopic (exact) mass is 101 g/mol. The fourth-order valence-electron chi connectivity index (χ4n) is 0.191. The van der Waals surface area contributed by atoms with Crippen LogP contribution in [0.3, 0.4) is 0 Å². The molecule has 0 rings (SSSR count). The van der Waals surface area contributed by atoms with Crippen molar-refractivity contribution in [2.75, 3.05) is 20.3 Å². The van der Waals surface area contributed by atoms with E-state index in [4.69, 9.17) is 6.42 Å². The zero-order chi connectivity index (χ0) is 5.70. The van der Waals surface area contributed by atoms with Gasteiger partial charge in [-0.2, -0.15) is 0 Å². The Morgan fingerprint density at radius 3 is 2.57 bits per heavy atom. The minimum Gasteiger partial charge on any atom is -0.333 e. The van der Waals surface area contributed by atoms with Gasteiger partial charge in [0.1, 0.15) is 6.67 Å². The Kier molecular flexibility index (Phi) is 3.13. The molecule has 1 nitrogen and oxygen atoms in total. The third-order valence-electron chi connectivity index (χ3n) is 0.640. The lowest BCUT2D eigenvalue weighted by Crippen LogP contribution is -2.13. The summed E-state index contributed by atoms with van der Waals surface area (Å²) in [5.74, 6) is 0. The summed E-state index contributed by atoms with van der Waals surface area (Å²) in [4.78, 5) is 1.46. The fraction of sp³-hybridized carbons (Fsp3) is 0.600. The van der Waals surface area contributed by atoms with Gasteiger partial charge in [0.15, 0.2) is 0 Å². The summed E-state index contributed by atoms with van der Waals surface area (Å²) in [5.41, 5.74) is 0. The fourth-order valence-corrected chi connectivity index (χ4v) is 0.191. The van der Waals surface area contributed by atoms with Crippen molar-refractivity contribution in [2.24, 2.45) is 0 Å². The average Bonchev–Trinajstić information content (AvgIpc) is 1.68. The number of hydrogen-bond donors (Lipinski definition) is 0. The van der Waals surface area contributed by atoms with Crippen molar-refractivity contribution < 1.29 is 4.39 Å². The lowest BCUT2D eigenvalue weighted by atomic mass is 10.6. The predicted octanol–water partition coefficient (Wildman–Crippen LogP) is 0.478. The number of rotatable bonds is 2. The summed E-state index contributed by atoms with van der Waals surface area (Å²) in [6.07, 6.45) is 4.87. The normalized spacial score (nSPS) is 7.57. The lowest BCUT2D eigenvalue weighted by Gasteiger charge is -2.04. The van der Waals surface area contributed by atoms with E-state index >= 15 is 0 Å². The molecule has 0 amide bonds. The quantitative estimate of drug-likeness (QED) is 0.361. The second-order valence-corrected chi connectivity index (χ2v) is 1.24. The van der Waals surface area contributed by atoms with E-state index in [0.717, 1.165) is 0 Å². The van der Waals surface area contributed by atoms with Crippen LogP contribution < -0.4 is 0 Å². The Hall–Kier alpha value is -0.710. The van der Waals surface area contributed by atoms with E-state index in [1.165, 1.54) is 4.90 Å². The van der Waals surface area contributed by atoms with Crippen molar-refractivity contribution in [3.63, 3.8) is 0 Å². The molecule has 0 spiro atoms. The van der Waals surface area contributed by atoms with Gasteiger partial charge >= 0.3 is 0 Å². The summed E-state index contributed by atoms with van der Waals surface area (Å²) in [7, 11) is 1.67. The topological polar surface area (TPSA) is 3.24 Å². The molecule has 0 saturated heterocycles. The van der Waals surface area contributed by atoms with Crippen molar-refractivity contribution in [3.8, 4) is 12.5 Å². The molecule has 0 aromatic rings. The van der Waals surface area contributed by atoms with E-state index in [1.807, 2.05) is 0 Å². The molecule has 0 aliphatic rings. The third-order valence-corrected chi connectivity index (χ3v) is 0.640. The van der Waals surface area contributed by atoms with Crippen molar-refractivity contribution in [3.05, 3.63) is 0 Å². The maximum atomic E-state index is 11.3. The Bertz CT molecular complexity index is 74.6. The van der Waals surface area contributed by atoms with Gasteiger partial charge in [0.05, 0.1) is 6.54 Å². The van der Waals surface area contributed by atoms with Crippen LogP contribution in [0.2, 0.25) is 0 Å². The van der Waals surface area contributed by atoms with E-state index in [1.54, 1.807) is 7.05 Å². The molecule has 0 fully saturated rings. The first kappa shape index (κ1) is 6.29. The molecule has 0 heterocycles. The van der Waals surface area contributed by atoms with E-state index in [0.29, 0.717) is 6.54 Å². The van der Waals surface area contributed by atoms with Gasteiger partial charge < -0.3 is 4.90 Å². The van der Waals surface area contributed by atoms with Gasteiger partial charge in [-0.05, 0) is 0 Å². The number of nitrogens with zero attached hydrogens (tertiary/aromatic N) is 1. The summed E-state index contributed by atoms with van der Waals surface area (Å²) < 4.78 is 11.3. The Morgan fingerprint density at radius 1 is 1.86 bits per heavy atom. The highest BCUT2D eigenvalue weighted by Gasteiger charge is 1.84. The van der Waals surface area contributed by atoms with E-state index in [-0.39, 0.29) is 6.67 Å². The third kappa shape index (κ3) is 3.11. The summed E-state index contributed by atoms with van der Waals surface area (Å²) in [5, 5.41) is 0. The van der Waals surface area contributed by atoms with Crippen LogP contribution in [0.4, 0.5) is 4.39 Å². The van der Waals surface area contributed by atoms with Crippen LogP contribution in [0, 0.1) is 12.5 Å². The number of alkyl halides is 1. The lowest BCUT2D eigenvalue weighted by molar-refractivity contribution is 0.385. The van der Waals surface area contributed by atoms with Crippen molar-refractivity contribution in [1.82, 2.24) is 4.90 Å². The van der Waals surface area contributed by atoms with Gasteiger partial charge in [0, 0.05) is 13.1 Å². The molecule has 0 aliphatic heterocycles. The molecule has 0 unspecified atom stereocenters. The molecule has 0 radical (unpaired) electrons. The summed E-state index contributed by atoms with van der Waals surface area (Å²) in [6.45, 7) is -0.0444. The molecule has 0 bridgehead atoms. The molecule has 0 aromatic carbocycles. The minimum absolute atomic E-state index is 0.330. The van der Waals surface area contributed by atoms with Crippen molar-refractivity contribution in [2.45, 2.75) is 0 Å². The van der Waals surface area contributed by atoms with Crippen LogP contribution >= 0.6 is 0 Å². The van der Waals surface area contributed by atoms with Gasteiger partial charge in [0.2, 0.25) is 0 Å². The Balaban J connectivity index is 3.04. The van der Waals surface area contributed by atoms with Gasteiger partial charge in [-0.25, -0.2) is 4.39 Å². The highest BCUT2D eigenvalue weighted by Crippen LogP contribution is 1.75. The molecule has 7 heavy (non-hydrogen) atoms. The van der Waals surface area contributed by atoms with Crippen LogP contribution in [0.5, 0.6) is 0 Å². The largest absolute Gasteiger partial charge is 0.333 e. The number of terminal acetylenes is 1. The molecule has 0 N–H and O–H groups in total. The van der Waals surface area contributed by atoms with Crippen LogP contribution in [0.25, 0.3) is 0 Å². The standard InChI is InChI=1S/C5H8FN/c1-3-7(2)5-4-6/h1H,4-5H2,2H3. The number of halogens is 1. The van der Waals surface area contributed by atoms with Gasteiger partial charge in [-0.15, -0.1) is 0 Å². The zero-order valence-electron chi connectivity index (χ0n) is 4.32. The van der Waals surface area contributed by atoms with Gasteiger partial charge in [0.25, 0.3) is 0 Å². The average molecular weight is 101 g/mol. The second kappa shape index (κ2) is 3.48. The van der Waals surface area contributed by atoms with E-state index in [2.05, 4.69) is 6.04 Å². The highest BCUT2D eigenvalue weighted by molar-refractivity contribution is 4.81. The van der Waals surface area contributed by atoms with Crippen molar-refractivity contribution >= 4 is 0 Å². The Labute approximate surface area is 43.1 Å². The minimum atomic E-state index is -0.374. The van der Waals surface area contributed by atoms with Gasteiger partial charge in [-0.3, -0.25) is 0 Å². The maximum Gasteiger partial charge on any atom is 0.108 e. The molecular formula is C5H8FN. The molecule has 0 atom stereocenters. The predicted molar refractivity (Wildman–Crippen MR) is 27.4 cm³/mol. The SMILES string of the molecule is C#CN(C)CCF. The zero-order valence-corrected chi connectivity index (χ0v) is 4.32. The van der Waals surface area contributed by atoms with Crippen LogP contribution in [0.1, 0.15) is 0 Å². The van der Waals surface area contributed by atoms with Crippen LogP contribution in [0.15, 0.2) is 0 Å². The van der Waals surface area contributed by atoms with Crippen LogP contribution in [-0.4, -0.2) is 25.2 Å². The Morgan fingerprint density at radius 2 is 2.43 bits per heavy atom. The number of hydrogen-bond acceptors (Lipinski definition) is 1. The molecule has 2 heteroatoms. The van der Waals surface area contributed by atoms with E-state index < -0.39 is 0 Å². The maximum absolute atomic E-state index is 11.3. The first-order valence-corrected chi connectivity index (χ1v) is 2.04. The summed E-state index contributed by atoms with van der Waals surface area (Å²) in [6, 6.07) is 2.26. The van der Waals surface area contributed by atoms with Crippen molar-refractivity contribution in [1.29, 1.82) is 0 Å².